The van der Waals surface area contributed by atoms with Crippen LogP contribution in [-0.2, 0) is 24.7 Å². The molecule has 1 fully saturated rings. The highest BCUT2D eigenvalue weighted by atomic mass is 16.1. The standard InChI is InChI=1S/C15H25N3O/c1-3-11-9-12(18(2)17-11)10-15(19)13-7-5-4-6-8-14(13)16/h9,13-14H,3-8,10,16H2,1-2H3. The summed E-state index contributed by atoms with van der Waals surface area (Å²) in [6.45, 7) is 2.08. The molecule has 1 saturated carbocycles. The summed E-state index contributed by atoms with van der Waals surface area (Å²) in [5.74, 6) is 0.336. The van der Waals surface area contributed by atoms with Crippen molar-refractivity contribution in [2.24, 2.45) is 18.7 Å². The molecule has 0 aromatic carbocycles. The molecule has 0 spiro atoms. The normalized spacial score (nSPS) is 24.2. The van der Waals surface area contributed by atoms with Crippen LogP contribution in [0.2, 0.25) is 0 Å². The first-order valence-electron chi connectivity index (χ1n) is 7.42. The molecule has 0 radical (unpaired) electrons. The summed E-state index contributed by atoms with van der Waals surface area (Å²) >= 11 is 0. The van der Waals surface area contributed by atoms with Crippen molar-refractivity contribution < 1.29 is 4.79 Å². The zero-order chi connectivity index (χ0) is 13.8. The molecule has 1 aliphatic carbocycles. The first-order chi connectivity index (χ1) is 9.11. The molecule has 4 nitrogen and oxygen atoms in total. The van der Waals surface area contributed by atoms with E-state index in [1.165, 1.54) is 6.42 Å². The van der Waals surface area contributed by atoms with Crippen LogP contribution in [0.15, 0.2) is 6.07 Å². The molecule has 0 amide bonds. The second-order valence-corrected chi connectivity index (χ2v) is 5.66. The number of rotatable bonds is 4. The molecule has 0 saturated heterocycles. The number of carbonyl (C=O) groups excluding carboxylic acids is 1. The number of hydrogen-bond acceptors (Lipinski definition) is 3. The Hall–Kier alpha value is -1.16. The summed E-state index contributed by atoms with van der Waals surface area (Å²) in [5.41, 5.74) is 8.22. The Morgan fingerprint density at radius 3 is 2.84 bits per heavy atom. The number of aryl methyl sites for hydroxylation is 2. The van der Waals surface area contributed by atoms with Gasteiger partial charge < -0.3 is 5.73 Å². The second kappa shape index (κ2) is 6.33. The van der Waals surface area contributed by atoms with Gasteiger partial charge in [-0.25, -0.2) is 0 Å². The van der Waals surface area contributed by atoms with E-state index in [9.17, 15) is 4.79 Å². The van der Waals surface area contributed by atoms with Crippen molar-refractivity contribution in [2.75, 3.05) is 0 Å². The smallest absolute Gasteiger partial charge is 0.143 e. The van der Waals surface area contributed by atoms with Gasteiger partial charge in [0.1, 0.15) is 5.78 Å². The Morgan fingerprint density at radius 1 is 1.42 bits per heavy atom. The molecule has 2 rings (SSSR count). The van der Waals surface area contributed by atoms with Crippen LogP contribution in [0.25, 0.3) is 0 Å². The topological polar surface area (TPSA) is 60.9 Å². The lowest BCUT2D eigenvalue weighted by atomic mass is 9.89. The number of Topliss-reactive ketones (excluding diaryl/α,β-unsaturated/α-hetero) is 1. The third kappa shape index (κ3) is 3.44. The van der Waals surface area contributed by atoms with Crippen LogP contribution in [0.5, 0.6) is 0 Å². The van der Waals surface area contributed by atoms with E-state index in [2.05, 4.69) is 12.0 Å². The van der Waals surface area contributed by atoms with Gasteiger partial charge in [-0.15, -0.1) is 0 Å². The van der Waals surface area contributed by atoms with Crippen LogP contribution in [-0.4, -0.2) is 21.6 Å². The van der Waals surface area contributed by atoms with E-state index in [0.29, 0.717) is 12.2 Å². The van der Waals surface area contributed by atoms with E-state index in [1.54, 1.807) is 0 Å². The van der Waals surface area contributed by atoms with E-state index >= 15 is 0 Å². The molecule has 106 valence electrons. The van der Waals surface area contributed by atoms with Crippen LogP contribution in [0.1, 0.15) is 50.4 Å². The first kappa shape index (κ1) is 14.3. The van der Waals surface area contributed by atoms with Crippen molar-refractivity contribution in [1.82, 2.24) is 9.78 Å². The van der Waals surface area contributed by atoms with Gasteiger partial charge >= 0.3 is 0 Å². The minimum absolute atomic E-state index is 0.0440. The summed E-state index contributed by atoms with van der Waals surface area (Å²) in [7, 11) is 1.91. The molecule has 0 aliphatic heterocycles. The number of nitrogens with two attached hydrogens (primary N) is 1. The molecular weight excluding hydrogens is 238 g/mol. The van der Waals surface area contributed by atoms with Crippen LogP contribution >= 0.6 is 0 Å². The van der Waals surface area contributed by atoms with Crippen LogP contribution in [0.4, 0.5) is 0 Å². The van der Waals surface area contributed by atoms with Crippen LogP contribution < -0.4 is 5.73 Å². The lowest BCUT2D eigenvalue weighted by molar-refractivity contribution is -0.123. The Bertz CT molecular complexity index is 439. The van der Waals surface area contributed by atoms with Gasteiger partial charge in [0.25, 0.3) is 0 Å². The van der Waals surface area contributed by atoms with Crippen LogP contribution in [0, 0.1) is 5.92 Å². The molecule has 1 aromatic rings. The van der Waals surface area contributed by atoms with E-state index in [4.69, 9.17) is 5.73 Å². The van der Waals surface area contributed by atoms with E-state index < -0.39 is 0 Å². The SMILES string of the molecule is CCc1cc(CC(=O)C2CCCCCC2N)n(C)n1. The zero-order valence-corrected chi connectivity index (χ0v) is 12.1. The molecule has 0 bridgehead atoms. The monoisotopic (exact) mass is 263 g/mol. The molecule has 1 aliphatic rings. The lowest BCUT2D eigenvalue weighted by Crippen LogP contribution is -2.35. The lowest BCUT2D eigenvalue weighted by Gasteiger charge is -2.19. The number of hydrogen-bond donors (Lipinski definition) is 1. The minimum Gasteiger partial charge on any atom is -0.327 e. The Morgan fingerprint density at radius 2 is 2.16 bits per heavy atom. The highest BCUT2D eigenvalue weighted by molar-refractivity contribution is 5.83. The second-order valence-electron chi connectivity index (χ2n) is 5.66. The Balaban J connectivity index is 2.04. The van der Waals surface area contributed by atoms with Gasteiger partial charge in [-0.2, -0.15) is 5.10 Å². The quantitative estimate of drug-likeness (QED) is 0.845. The largest absolute Gasteiger partial charge is 0.327 e. The molecule has 2 N–H and O–H groups in total. The van der Waals surface area contributed by atoms with Gasteiger partial charge in [0.05, 0.1) is 5.69 Å². The van der Waals surface area contributed by atoms with Gasteiger partial charge in [-0.05, 0) is 25.3 Å². The maximum atomic E-state index is 12.5. The molecule has 2 unspecified atom stereocenters. The van der Waals surface area contributed by atoms with Crippen molar-refractivity contribution in [3.05, 3.63) is 17.5 Å². The summed E-state index contributed by atoms with van der Waals surface area (Å²) in [6, 6.07) is 2.09. The van der Waals surface area contributed by atoms with Crippen molar-refractivity contribution in [1.29, 1.82) is 0 Å². The summed E-state index contributed by atoms with van der Waals surface area (Å²) in [5, 5.41) is 4.40. The molecule has 19 heavy (non-hydrogen) atoms. The van der Waals surface area contributed by atoms with E-state index in [-0.39, 0.29) is 12.0 Å². The maximum absolute atomic E-state index is 12.5. The predicted molar refractivity (Wildman–Crippen MR) is 75.8 cm³/mol. The maximum Gasteiger partial charge on any atom is 0.143 e. The first-order valence-corrected chi connectivity index (χ1v) is 7.42. The summed E-state index contributed by atoms with van der Waals surface area (Å²) in [6.07, 6.45) is 6.84. The number of ketones is 1. The zero-order valence-electron chi connectivity index (χ0n) is 12.1. The number of aromatic nitrogens is 2. The van der Waals surface area contributed by atoms with Crippen LogP contribution in [0.3, 0.4) is 0 Å². The summed E-state index contributed by atoms with van der Waals surface area (Å²) < 4.78 is 1.83. The third-order valence-corrected chi connectivity index (χ3v) is 4.23. The molecule has 1 aromatic heterocycles. The molecule has 4 heteroatoms. The third-order valence-electron chi connectivity index (χ3n) is 4.23. The van der Waals surface area contributed by atoms with Gasteiger partial charge in [0.2, 0.25) is 0 Å². The predicted octanol–water partition coefficient (Wildman–Crippen LogP) is 2.00. The van der Waals surface area contributed by atoms with Gasteiger partial charge in [0.15, 0.2) is 0 Å². The fourth-order valence-electron chi connectivity index (χ4n) is 2.96. The number of carbonyl (C=O) groups is 1. The Kier molecular flexibility index (Phi) is 4.75. The van der Waals surface area contributed by atoms with Crippen molar-refractivity contribution in [3.63, 3.8) is 0 Å². The minimum atomic E-state index is 0.0440. The highest BCUT2D eigenvalue weighted by Gasteiger charge is 2.27. The van der Waals surface area contributed by atoms with Crippen molar-refractivity contribution >= 4 is 5.78 Å². The van der Waals surface area contributed by atoms with Gasteiger partial charge in [0, 0.05) is 31.1 Å². The van der Waals surface area contributed by atoms with Gasteiger partial charge in [-0.1, -0.05) is 26.2 Å². The fraction of sp³-hybridized carbons (Fsp3) is 0.733. The summed E-state index contributed by atoms with van der Waals surface area (Å²) in [4.78, 5) is 12.5. The fourth-order valence-corrected chi connectivity index (χ4v) is 2.96. The molecular formula is C15H25N3O. The van der Waals surface area contributed by atoms with E-state index in [0.717, 1.165) is 43.5 Å². The van der Waals surface area contributed by atoms with Crippen molar-refractivity contribution in [3.8, 4) is 0 Å². The molecule has 1 heterocycles. The Labute approximate surface area is 115 Å². The van der Waals surface area contributed by atoms with Crippen molar-refractivity contribution in [2.45, 2.75) is 57.9 Å². The highest BCUT2D eigenvalue weighted by Crippen LogP contribution is 2.24. The number of nitrogens with zero attached hydrogens (tertiary/aromatic N) is 2. The average molecular weight is 263 g/mol. The van der Waals surface area contributed by atoms with Gasteiger partial charge in [-0.3, -0.25) is 9.48 Å². The molecule has 2 atom stereocenters. The average Bonchev–Trinajstić information content (AvgIpc) is 2.60. The van der Waals surface area contributed by atoms with E-state index in [1.807, 2.05) is 17.8 Å².